The van der Waals surface area contributed by atoms with Crippen molar-refractivity contribution in [1.29, 1.82) is 0 Å². The maximum atomic E-state index is 13.8. The van der Waals surface area contributed by atoms with Crippen molar-refractivity contribution >= 4 is 11.8 Å². The highest BCUT2D eigenvalue weighted by Gasteiger charge is 2.58. The monoisotopic (exact) mass is 498 g/mol. The Bertz CT molecular complexity index is 1220. The molecular weight excluding hydrogens is 460 g/mol. The zero-order valence-corrected chi connectivity index (χ0v) is 21.9. The molecule has 7 atom stereocenters. The molecule has 3 N–H and O–H groups in total. The molecular formula is C32H38N2O3. The number of carbonyl (C=O) groups is 2. The zero-order valence-electron chi connectivity index (χ0n) is 21.9. The molecule has 6 rings (SSSR count). The average molecular weight is 499 g/mol. The van der Waals surface area contributed by atoms with Gasteiger partial charge >= 0.3 is 0 Å². The van der Waals surface area contributed by atoms with E-state index in [1.807, 2.05) is 42.5 Å². The molecule has 37 heavy (non-hydrogen) atoms. The van der Waals surface area contributed by atoms with E-state index in [1.54, 1.807) is 12.1 Å². The summed E-state index contributed by atoms with van der Waals surface area (Å²) >= 11 is 0. The van der Waals surface area contributed by atoms with Gasteiger partial charge in [-0.25, -0.2) is 0 Å². The van der Waals surface area contributed by atoms with Crippen LogP contribution < -0.4 is 10.6 Å². The Morgan fingerprint density at radius 3 is 2.49 bits per heavy atom. The topological polar surface area (TPSA) is 78.4 Å². The summed E-state index contributed by atoms with van der Waals surface area (Å²) in [5.41, 5.74) is 3.12. The fourth-order valence-corrected chi connectivity index (χ4v) is 8.40. The van der Waals surface area contributed by atoms with Gasteiger partial charge in [-0.1, -0.05) is 68.8 Å². The lowest BCUT2D eigenvalue weighted by molar-refractivity contribution is -0.141. The average Bonchev–Trinajstić information content (AvgIpc) is 3.30. The fraction of sp³-hybridized carbons (Fsp3) is 0.500. The number of rotatable bonds is 4. The summed E-state index contributed by atoms with van der Waals surface area (Å²) in [6.45, 7) is 4.79. The highest BCUT2D eigenvalue weighted by molar-refractivity contribution is 6.02. The molecule has 4 aliphatic rings. The van der Waals surface area contributed by atoms with Crippen LogP contribution in [0.5, 0.6) is 5.75 Å². The van der Waals surface area contributed by atoms with E-state index in [0.29, 0.717) is 23.7 Å². The van der Waals surface area contributed by atoms with Gasteiger partial charge in [0.1, 0.15) is 11.7 Å². The van der Waals surface area contributed by atoms with Gasteiger partial charge in [0.2, 0.25) is 11.8 Å². The molecule has 3 aliphatic carbocycles. The first-order valence-corrected chi connectivity index (χ1v) is 13.9. The molecule has 0 bridgehead atoms. The van der Waals surface area contributed by atoms with Crippen LogP contribution in [-0.2, 0) is 9.59 Å². The van der Waals surface area contributed by atoms with Crippen molar-refractivity contribution in [2.75, 3.05) is 0 Å². The van der Waals surface area contributed by atoms with Crippen molar-refractivity contribution < 1.29 is 14.7 Å². The minimum atomic E-state index is -0.735. The largest absolute Gasteiger partial charge is 0.508 e. The predicted octanol–water partition coefficient (Wildman–Crippen LogP) is 5.86. The molecule has 2 amide bonds. The number of hydrogen-bond donors (Lipinski definition) is 3. The summed E-state index contributed by atoms with van der Waals surface area (Å²) in [7, 11) is 0. The lowest BCUT2D eigenvalue weighted by atomic mass is 9.49. The van der Waals surface area contributed by atoms with Crippen molar-refractivity contribution in [1.82, 2.24) is 10.6 Å². The van der Waals surface area contributed by atoms with E-state index < -0.39 is 12.0 Å². The predicted molar refractivity (Wildman–Crippen MR) is 143 cm³/mol. The molecule has 1 heterocycles. The van der Waals surface area contributed by atoms with Crippen molar-refractivity contribution in [2.24, 2.45) is 34.5 Å². The van der Waals surface area contributed by atoms with Crippen LogP contribution in [0.25, 0.3) is 0 Å². The minimum Gasteiger partial charge on any atom is -0.508 e. The van der Waals surface area contributed by atoms with Crippen LogP contribution in [-0.4, -0.2) is 16.9 Å². The third-order valence-corrected chi connectivity index (χ3v) is 10.4. The number of phenolic OH excluding ortho intramolecular Hbond substituents is 1. The first kappa shape index (κ1) is 24.3. The van der Waals surface area contributed by atoms with Gasteiger partial charge in [-0.15, -0.1) is 0 Å². The fourth-order valence-electron chi connectivity index (χ4n) is 8.40. The lowest BCUT2D eigenvalue weighted by Crippen LogP contribution is -2.57. The first-order valence-electron chi connectivity index (χ1n) is 13.9. The van der Waals surface area contributed by atoms with E-state index in [1.165, 1.54) is 32.1 Å². The Morgan fingerprint density at radius 1 is 1.00 bits per heavy atom. The van der Waals surface area contributed by atoms with Gasteiger partial charge in [0.25, 0.3) is 0 Å². The molecule has 0 spiro atoms. The number of phenols is 1. The number of carbonyl (C=O) groups excluding carboxylic acids is 2. The van der Waals surface area contributed by atoms with Gasteiger partial charge in [-0.05, 0) is 85.0 Å². The second-order valence-corrected chi connectivity index (χ2v) is 12.4. The molecule has 194 valence electrons. The van der Waals surface area contributed by atoms with E-state index in [4.69, 9.17) is 0 Å². The standard InChI is InChI=1S/C32H38N2O3/c1-31-17-6-9-25(31)23-14-15-27-32(2,26(23)16-18-31)19-24(29(36)33-27)30(37)34-28(20-7-4-3-5-8-20)21-10-12-22(35)13-11-21/h3-5,7-8,10-13,15,23-26,28,35H,6,9,14,16-19H2,1-2H3,(H,33,36)(H,34,37)/t23-,24?,25-,26+,28?,31-,32+/m0/s1. The SMILES string of the molecule is C[C@@]12CCC[C@H]1[C@@H]1CC=C3NC(=O)C(C(=O)NC(c4ccccc4)c4ccc(O)cc4)C[C@]3(C)[C@@H]1CC2. The molecule has 1 saturated heterocycles. The molecule has 1 aliphatic heterocycles. The van der Waals surface area contributed by atoms with Crippen LogP contribution in [0.3, 0.4) is 0 Å². The number of nitrogens with one attached hydrogen (secondary N) is 2. The summed E-state index contributed by atoms with van der Waals surface area (Å²) < 4.78 is 0. The van der Waals surface area contributed by atoms with Crippen molar-refractivity contribution in [3.63, 3.8) is 0 Å². The molecule has 0 radical (unpaired) electrons. The number of piperidine rings is 1. The Labute approximate surface area is 219 Å². The van der Waals surface area contributed by atoms with Crippen LogP contribution >= 0.6 is 0 Å². The normalized spacial score (nSPS) is 35.3. The molecule has 2 aromatic rings. The first-order chi connectivity index (χ1) is 17.8. The van der Waals surface area contributed by atoms with Gasteiger partial charge in [-0.2, -0.15) is 0 Å². The molecule has 5 heteroatoms. The number of hydrogen-bond acceptors (Lipinski definition) is 3. The zero-order chi connectivity index (χ0) is 25.8. The maximum Gasteiger partial charge on any atom is 0.236 e. The summed E-state index contributed by atoms with van der Waals surface area (Å²) in [5, 5.41) is 16.2. The third kappa shape index (κ3) is 4.07. The summed E-state index contributed by atoms with van der Waals surface area (Å²) in [6.07, 6.45) is 10.3. The highest BCUT2D eigenvalue weighted by atomic mass is 16.3. The molecule has 0 aromatic heterocycles. The highest BCUT2D eigenvalue weighted by Crippen LogP contribution is 2.64. The number of aromatic hydroxyl groups is 1. The molecule has 5 nitrogen and oxygen atoms in total. The molecule has 2 aromatic carbocycles. The Balaban J connectivity index is 1.27. The smallest absolute Gasteiger partial charge is 0.236 e. The Kier molecular flexibility index (Phi) is 5.93. The second kappa shape index (κ2) is 9.04. The van der Waals surface area contributed by atoms with Gasteiger partial charge in [0.05, 0.1) is 6.04 Å². The molecule has 3 fully saturated rings. The van der Waals surface area contributed by atoms with E-state index in [0.717, 1.165) is 29.2 Å². The van der Waals surface area contributed by atoms with E-state index >= 15 is 0 Å². The Hall–Kier alpha value is -3.08. The van der Waals surface area contributed by atoms with Crippen molar-refractivity contribution in [3.8, 4) is 5.75 Å². The molecule has 2 unspecified atom stereocenters. The second-order valence-electron chi connectivity index (χ2n) is 12.4. The van der Waals surface area contributed by atoms with E-state index in [9.17, 15) is 14.7 Å². The van der Waals surface area contributed by atoms with Gasteiger partial charge in [-0.3, -0.25) is 9.59 Å². The summed E-state index contributed by atoms with van der Waals surface area (Å²) in [6, 6.07) is 16.3. The quantitative estimate of drug-likeness (QED) is 0.462. The summed E-state index contributed by atoms with van der Waals surface area (Å²) in [4.78, 5) is 27.1. The third-order valence-electron chi connectivity index (χ3n) is 10.4. The van der Waals surface area contributed by atoms with Crippen LogP contribution in [0.4, 0.5) is 0 Å². The van der Waals surface area contributed by atoms with Crippen LogP contribution in [0.1, 0.15) is 76.0 Å². The number of amides is 2. The van der Waals surface area contributed by atoms with Crippen LogP contribution in [0.15, 0.2) is 66.4 Å². The van der Waals surface area contributed by atoms with Crippen LogP contribution in [0, 0.1) is 34.5 Å². The number of benzene rings is 2. The van der Waals surface area contributed by atoms with Gasteiger partial charge < -0.3 is 15.7 Å². The summed E-state index contributed by atoms with van der Waals surface area (Å²) in [5.74, 6) is 0.911. The van der Waals surface area contributed by atoms with Gasteiger partial charge in [0.15, 0.2) is 0 Å². The minimum absolute atomic E-state index is 0.179. The number of allylic oxidation sites excluding steroid dienone is 2. The van der Waals surface area contributed by atoms with Crippen molar-refractivity contribution in [2.45, 2.75) is 64.8 Å². The van der Waals surface area contributed by atoms with Crippen molar-refractivity contribution in [3.05, 3.63) is 77.5 Å². The van der Waals surface area contributed by atoms with E-state index in [2.05, 4.69) is 30.6 Å². The molecule has 2 saturated carbocycles. The Morgan fingerprint density at radius 2 is 1.73 bits per heavy atom. The van der Waals surface area contributed by atoms with E-state index in [-0.39, 0.29) is 23.0 Å². The van der Waals surface area contributed by atoms with Gasteiger partial charge in [0, 0.05) is 11.1 Å². The maximum absolute atomic E-state index is 13.8. The number of fused-ring (bicyclic) bond motifs is 5. The lowest BCUT2D eigenvalue weighted by Gasteiger charge is -2.57. The van der Waals surface area contributed by atoms with Crippen LogP contribution in [0.2, 0.25) is 0 Å².